The van der Waals surface area contributed by atoms with E-state index in [0.29, 0.717) is 6.61 Å². The summed E-state index contributed by atoms with van der Waals surface area (Å²) >= 11 is 1.72. The molecule has 2 rings (SSSR count). The van der Waals surface area contributed by atoms with Crippen LogP contribution in [-0.2, 0) is 13.0 Å². The average molecular weight is 304 g/mol. The lowest BCUT2D eigenvalue weighted by Gasteiger charge is -2.04. The zero-order chi connectivity index (χ0) is 14.9. The summed E-state index contributed by atoms with van der Waals surface area (Å²) in [7, 11) is 0. The summed E-state index contributed by atoms with van der Waals surface area (Å²) in [6.07, 6.45) is 3.32. The van der Waals surface area contributed by atoms with Gasteiger partial charge in [0, 0.05) is 18.3 Å². The minimum Gasteiger partial charge on any atom is -0.493 e. The number of rotatable bonds is 9. The number of aromatic nitrogens is 1. The molecule has 1 aromatic carbocycles. The van der Waals surface area contributed by atoms with Crippen LogP contribution >= 0.6 is 11.3 Å². The Bertz CT molecular complexity index is 522. The van der Waals surface area contributed by atoms with E-state index in [4.69, 9.17) is 4.74 Å². The van der Waals surface area contributed by atoms with Crippen molar-refractivity contribution >= 4 is 11.3 Å². The predicted octanol–water partition coefficient (Wildman–Crippen LogP) is 3.96. The smallest absolute Gasteiger partial charge is 0.119 e. The molecule has 0 spiro atoms. The summed E-state index contributed by atoms with van der Waals surface area (Å²) in [5, 5.41) is 6.70. The van der Waals surface area contributed by atoms with E-state index in [1.54, 1.807) is 11.3 Å². The van der Waals surface area contributed by atoms with Crippen molar-refractivity contribution in [2.45, 2.75) is 39.7 Å². The van der Waals surface area contributed by atoms with Crippen LogP contribution in [-0.4, -0.2) is 18.1 Å². The molecule has 0 unspecified atom stereocenters. The summed E-state index contributed by atoms with van der Waals surface area (Å²) < 4.78 is 5.74. The van der Waals surface area contributed by atoms with Crippen LogP contribution in [0.2, 0.25) is 0 Å². The highest BCUT2D eigenvalue weighted by molar-refractivity contribution is 7.09. The van der Waals surface area contributed by atoms with Gasteiger partial charge >= 0.3 is 0 Å². The molecule has 1 aromatic heterocycles. The van der Waals surface area contributed by atoms with Gasteiger partial charge in [-0.05, 0) is 32.0 Å². The zero-order valence-electron chi connectivity index (χ0n) is 12.9. The van der Waals surface area contributed by atoms with Gasteiger partial charge in [0.15, 0.2) is 0 Å². The fourth-order valence-electron chi connectivity index (χ4n) is 1.95. The highest BCUT2D eigenvalue weighted by atomic mass is 32.1. The molecule has 0 atom stereocenters. The number of hydrogen-bond donors (Lipinski definition) is 1. The number of hydrogen-bond acceptors (Lipinski definition) is 4. The molecular formula is C17H24N2OS. The van der Waals surface area contributed by atoms with E-state index in [-0.39, 0.29) is 0 Å². The highest BCUT2D eigenvalue weighted by Crippen LogP contribution is 2.14. The number of nitrogens with zero attached hydrogens (tertiary/aromatic N) is 1. The lowest BCUT2D eigenvalue weighted by Crippen LogP contribution is -2.14. The fourth-order valence-corrected chi connectivity index (χ4v) is 2.73. The first-order chi connectivity index (χ1) is 10.3. The van der Waals surface area contributed by atoms with Gasteiger partial charge in [0.25, 0.3) is 0 Å². The van der Waals surface area contributed by atoms with Crippen LogP contribution in [0.5, 0.6) is 5.75 Å². The molecule has 0 aliphatic rings. The van der Waals surface area contributed by atoms with Crippen LogP contribution in [0.15, 0.2) is 29.6 Å². The van der Waals surface area contributed by atoms with Gasteiger partial charge in [-0.3, -0.25) is 0 Å². The van der Waals surface area contributed by atoms with Gasteiger partial charge in [0.1, 0.15) is 5.75 Å². The Kier molecular flexibility index (Phi) is 6.70. The lowest BCUT2D eigenvalue weighted by atomic mass is 10.2. The molecule has 1 heterocycles. The monoisotopic (exact) mass is 304 g/mol. The second-order valence-corrected chi connectivity index (χ2v) is 6.12. The largest absolute Gasteiger partial charge is 0.493 e. The first-order valence-corrected chi connectivity index (χ1v) is 8.49. The fraction of sp³-hybridized carbons (Fsp3) is 0.471. The molecule has 2 aromatic rings. The number of ether oxygens (including phenoxy) is 1. The number of thiazole rings is 1. The Morgan fingerprint density at radius 1 is 1.24 bits per heavy atom. The third-order valence-electron chi connectivity index (χ3n) is 3.22. The van der Waals surface area contributed by atoms with E-state index in [2.05, 4.69) is 41.7 Å². The van der Waals surface area contributed by atoms with E-state index >= 15 is 0 Å². The van der Waals surface area contributed by atoms with Gasteiger partial charge < -0.3 is 10.1 Å². The van der Waals surface area contributed by atoms with Crippen molar-refractivity contribution < 1.29 is 4.74 Å². The van der Waals surface area contributed by atoms with Crippen molar-refractivity contribution in [2.24, 2.45) is 0 Å². The van der Waals surface area contributed by atoms with Crippen molar-refractivity contribution in [3.63, 3.8) is 0 Å². The van der Waals surface area contributed by atoms with Gasteiger partial charge in [-0.15, -0.1) is 11.3 Å². The van der Waals surface area contributed by atoms with Crippen LogP contribution in [0.3, 0.4) is 0 Å². The van der Waals surface area contributed by atoms with Gasteiger partial charge in [-0.2, -0.15) is 0 Å². The molecular weight excluding hydrogens is 280 g/mol. The number of aryl methyl sites for hydroxylation is 1. The molecule has 21 heavy (non-hydrogen) atoms. The third-order valence-corrected chi connectivity index (χ3v) is 4.18. The lowest BCUT2D eigenvalue weighted by molar-refractivity contribution is 0.321. The highest BCUT2D eigenvalue weighted by Gasteiger charge is 2.02. The van der Waals surface area contributed by atoms with Crippen LogP contribution in [0.4, 0.5) is 0 Å². The van der Waals surface area contributed by atoms with Crippen molar-refractivity contribution in [2.75, 3.05) is 13.2 Å². The van der Waals surface area contributed by atoms with Gasteiger partial charge in [-0.25, -0.2) is 4.98 Å². The summed E-state index contributed by atoms with van der Waals surface area (Å²) in [6.45, 7) is 6.90. The first kappa shape index (κ1) is 16.0. The van der Waals surface area contributed by atoms with E-state index < -0.39 is 0 Å². The molecule has 3 nitrogen and oxygen atoms in total. The van der Waals surface area contributed by atoms with Gasteiger partial charge in [-0.1, -0.05) is 31.0 Å². The minimum atomic E-state index is 0.680. The second-order valence-electron chi connectivity index (χ2n) is 5.17. The molecule has 0 saturated heterocycles. The summed E-state index contributed by atoms with van der Waals surface area (Å²) in [5.74, 6) is 0.929. The van der Waals surface area contributed by atoms with E-state index in [1.165, 1.54) is 18.4 Å². The van der Waals surface area contributed by atoms with Crippen molar-refractivity contribution in [1.82, 2.24) is 10.3 Å². The van der Waals surface area contributed by atoms with Crippen molar-refractivity contribution in [3.05, 3.63) is 45.9 Å². The quantitative estimate of drug-likeness (QED) is 0.712. The third kappa shape index (κ3) is 5.86. The van der Waals surface area contributed by atoms with E-state index in [1.807, 2.05) is 12.1 Å². The first-order valence-electron chi connectivity index (χ1n) is 7.61. The van der Waals surface area contributed by atoms with Gasteiger partial charge in [0.2, 0.25) is 0 Å². The molecule has 0 fully saturated rings. The Hall–Kier alpha value is -1.39. The standard InChI is InChI=1S/C17H24N2OS/c1-3-4-10-18-12-15-13-21-17(19-15)9-11-20-16-7-5-14(2)6-8-16/h5-8,13,18H,3-4,9-12H2,1-2H3. The van der Waals surface area contributed by atoms with Crippen molar-refractivity contribution in [3.8, 4) is 5.75 Å². The number of nitrogens with one attached hydrogen (secondary N) is 1. The Morgan fingerprint density at radius 2 is 2.05 bits per heavy atom. The van der Waals surface area contributed by atoms with E-state index in [0.717, 1.165) is 36.0 Å². The van der Waals surface area contributed by atoms with Gasteiger partial charge in [0.05, 0.1) is 17.3 Å². The molecule has 0 aliphatic heterocycles. The topological polar surface area (TPSA) is 34.1 Å². The Morgan fingerprint density at radius 3 is 2.81 bits per heavy atom. The Balaban J connectivity index is 1.69. The zero-order valence-corrected chi connectivity index (χ0v) is 13.7. The molecule has 0 aliphatic carbocycles. The van der Waals surface area contributed by atoms with Crippen LogP contribution in [0, 0.1) is 6.92 Å². The minimum absolute atomic E-state index is 0.680. The normalized spacial score (nSPS) is 10.8. The summed E-state index contributed by atoms with van der Waals surface area (Å²) in [4.78, 5) is 4.63. The van der Waals surface area contributed by atoms with E-state index in [9.17, 15) is 0 Å². The average Bonchev–Trinajstić information content (AvgIpc) is 2.94. The second kappa shape index (κ2) is 8.80. The maximum atomic E-state index is 5.74. The molecule has 0 radical (unpaired) electrons. The van der Waals surface area contributed by atoms with Crippen LogP contribution in [0.1, 0.15) is 36.0 Å². The molecule has 0 amide bonds. The molecule has 1 N–H and O–H groups in total. The molecule has 4 heteroatoms. The Labute approximate surface area is 131 Å². The SMILES string of the molecule is CCCCNCc1csc(CCOc2ccc(C)cc2)n1. The summed E-state index contributed by atoms with van der Waals surface area (Å²) in [5.41, 5.74) is 2.39. The van der Waals surface area contributed by atoms with Crippen molar-refractivity contribution in [1.29, 1.82) is 0 Å². The number of unbranched alkanes of at least 4 members (excludes halogenated alkanes) is 1. The van der Waals surface area contributed by atoms with Crippen LogP contribution < -0.4 is 10.1 Å². The van der Waals surface area contributed by atoms with Crippen LogP contribution in [0.25, 0.3) is 0 Å². The molecule has 0 bridgehead atoms. The summed E-state index contributed by atoms with van der Waals surface area (Å²) in [6, 6.07) is 8.16. The maximum Gasteiger partial charge on any atom is 0.119 e. The molecule has 114 valence electrons. The predicted molar refractivity (Wildman–Crippen MR) is 89.1 cm³/mol. The maximum absolute atomic E-state index is 5.74. The number of benzene rings is 1. The molecule has 0 saturated carbocycles.